The number of halogens is 4. The maximum atomic E-state index is 12.6. The SMILES string of the molecule is CC(O)(C(=O)Nc1ccc(SC2CCCC2)cc1Cl)C(F)(F)F. The third-order valence-electron chi connectivity index (χ3n) is 3.79. The van der Waals surface area contributed by atoms with Crippen LogP contribution in [0.1, 0.15) is 32.6 Å². The van der Waals surface area contributed by atoms with Crippen molar-refractivity contribution in [2.45, 2.75) is 54.5 Å². The lowest BCUT2D eigenvalue weighted by Crippen LogP contribution is -2.52. The molecule has 0 radical (unpaired) electrons. The predicted molar refractivity (Wildman–Crippen MR) is 84.9 cm³/mol. The van der Waals surface area contributed by atoms with Crippen molar-refractivity contribution >= 4 is 35.0 Å². The minimum absolute atomic E-state index is 0.0389. The lowest BCUT2D eigenvalue weighted by molar-refractivity contribution is -0.242. The Morgan fingerprint density at radius 2 is 1.96 bits per heavy atom. The van der Waals surface area contributed by atoms with Crippen molar-refractivity contribution in [2.24, 2.45) is 0 Å². The molecule has 1 saturated carbocycles. The molecule has 1 aromatic carbocycles. The van der Waals surface area contributed by atoms with Crippen molar-refractivity contribution < 1.29 is 23.1 Å². The highest BCUT2D eigenvalue weighted by Crippen LogP contribution is 2.37. The van der Waals surface area contributed by atoms with E-state index in [0.29, 0.717) is 12.2 Å². The molecule has 1 aliphatic carbocycles. The van der Waals surface area contributed by atoms with Crippen LogP contribution in [0.5, 0.6) is 0 Å². The van der Waals surface area contributed by atoms with Crippen LogP contribution in [0.2, 0.25) is 5.02 Å². The molecule has 8 heteroatoms. The van der Waals surface area contributed by atoms with E-state index in [-0.39, 0.29) is 10.7 Å². The molecule has 2 rings (SSSR count). The van der Waals surface area contributed by atoms with Crippen LogP contribution >= 0.6 is 23.4 Å². The van der Waals surface area contributed by atoms with Gasteiger partial charge in [0.2, 0.25) is 5.60 Å². The molecule has 1 atom stereocenters. The van der Waals surface area contributed by atoms with Crippen LogP contribution in [0.15, 0.2) is 23.1 Å². The van der Waals surface area contributed by atoms with Crippen molar-refractivity contribution in [1.29, 1.82) is 0 Å². The molecule has 23 heavy (non-hydrogen) atoms. The summed E-state index contributed by atoms with van der Waals surface area (Å²) in [5.74, 6) is -1.57. The first-order valence-electron chi connectivity index (χ1n) is 7.18. The average molecular weight is 368 g/mol. The number of rotatable bonds is 4. The van der Waals surface area contributed by atoms with Gasteiger partial charge in [-0.1, -0.05) is 24.4 Å². The van der Waals surface area contributed by atoms with Gasteiger partial charge in [-0.05, 0) is 38.0 Å². The number of thioether (sulfide) groups is 1. The molecule has 1 aliphatic rings. The highest BCUT2D eigenvalue weighted by molar-refractivity contribution is 8.00. The zero-order valence-corrected chi connectivity index (χ0v) is 14.0. The number of hydrogen-bond acceptors (Lipinski definition) is 3. The molecular weight excluding hydrogens is 351 g/mol. The first-order valence-corrected chi connectivity index (χ1v) is 8.44. The Morgan fingerprint density at radius 3 is 2.48 bits per heavy atom. The fourth-order valence-electron chi connectivity index (χ4n) is 2.24. The molecule has 1 fully saturated rings. The molecule has 1 amide bonds. The number of aliphatic hydroxyl groups is 1. The fraction of sp³-hybridized carbons (Fsp3) is 0.533. The maximum absolute atomic E-state index is 12.6. The van der Waals surface area contributed by atoms with E-state index in [1.54, 1.807) is 23.9 Å². The number of carbonyl (C=O) groups excluding carboxylic acids is 1. The van der Waals surface area contributed by atoms with Gasteiger partial charge in [-0.25, -0.2) is 0 Å². The van der Waals surface area contributed by atoms with Crippen LogP contribution in [0.4, 0.5) is 18.9 Å². The highest BCUT2D eigenvalue weighted by Gasteiger charge is 2.55. The maximum Gasteiger partial charge on any atom is 0.426 e. The van der Waals surface area contributed by atoms with Crippen LogP contribution in [-0.2, 0) is 4.79 Å². The minimum Gasteiger partial charge on any atom is -0.373 e. The summed E-state index contributed by atoms with van der Waals surface area (Å²) in [6, 6.07) is 4.76. The van der Waals surface area contributed by atoms with Crippen molar-refractivity contribution in [3.8, 4) is 0 Å². The lowest BCUT2D eigenvalue weighted by atomic mass is 10.1. The standard InChI is InChI=1S/C15H17ClF3NO2S/c1-14(22,15(17,18)19)13(21)20-12-7-6-10(8-11(12)16)23-9-4-2-3-5-9/h6-9,22H,2-5H2,1H3,(H,20,21). The third-order valence-corrected chi connectivity index (χ3v) is 5.43. The molecule has 0 spiro atoms. The predicted octanol–water partition coefficient (Wildman–Crippen LogP) is 4.63. The zero-order valence-electron chi connectivity index (χ0n) is 12.4. The van der Waals surface area contributed by atoms with Crippen LogP contribution in [0, 0.1) is 0 Å². The lowest BCUT2D eigenvalue weighted by Gasteiger charge is -2.25. The van der Waals surface area contributed by atoms with Crippen molar-refractivity contribution in [1.82, 2.24) is 0 Å². The van der Waals surface area contributed by atoms with Crippen LogP contribution in [-0.4, -0.2) is 28.0 Å². The summed E-state index contributed by atoms with van der Waals surface area (Å²) >= 11 is 7.71. The third kappa shape index (κ3) is 4.33. The Bertz CT molecular complexity index is 587. The largest absolute Gasteiger partial charge is 0.426 e. The molecule has 0 aliphatic heterocycles. The molecule has 2 N–H and O–H groups in total. The molecule has 0 heterocycles. The van der Waals surface area contributed by atoms with Gasteiger partial charge < -0.3 is 10.4 Å². The van der Waals surface area contributed by atoms with Gasteiger partial charge in [0.05, 0.1) is 10.7 Å². The summed E-state index contributed by atoms with van der Waals surface area (Å²) in [4.78, 5) is 12.6. The Morgan fingerprint density at radius 1 is 1.35 bits per heavy atom. The molecule has 0 saturated heterocycles. The Hall–Kier alpha value is -0.920. The number of amides is 1. The van der Waals surface area contributed by atoms with E-state index < -0.39 is 17.7 Å². The quantitative estimate of drug-likeness (QED) is 0.816. The van der Waals surface area contributed by atoms with Crippen LogP contribution < -0.4 is 5.32 Å². The van der Waals surface area contributed by atoms with E-state index in [9.17, 15) is 23.1 Å². The van der Waals surface area contributed by atoms with Gasteiger partial charge >= 0.3 is 6.18 Å². The number of carbonyl (C=O) groups is 1. The molecule has 0 aromatic heterocycles. The normalized spacial score (nSPS) is 18.7. The van der Waals surface area contributed by atoms with Crippen molar-refractivity contribution in [3.63, 3.8) is 0 Å². The minimum atomic E-state index is -5.07. The summed E-state index contributed by atoms with van der Waals surface area (Å²) in [5, 5.41) is 12.0. The number of alkyl halides is 3. The second kappa shape index (κ2) is 6.91. The number of hydrogen-bond donors (Lipinski definition) is 2. The summed E-state index contributed by atoms with van der Waals surface area (Å²) < 4.78 is 37.9. The first-order chi connectivity index (χ1) is 10.6. The van der Waals surface area contributed by atoms with Gasteiger partial charge in [-0.3, -0.25) is 4.79 Å². The van der Waals surface area contributed by atoms with Gasteiger partial charge in [0.1, 0.15) is 0 Å². The summed E-state index contributed by atoms with van der Waals surface area (Å²) in [5.41, 5.74) is -3.44. The van der Waals surface area contributed by atoms with E-state index >= 15 is 0 Å². The number of anilines is 1. The molecular formula is C15H17ClF3NO2S. The number of benzene rings is 1. The molecule has 0 bridgehead atoms. The first kappa shape index (κ1) is 18.4. The Balaban J connectivity index is 2.07. The van der Waals surface area contributed by atoms with E-state index in [0.717, 1.165) is 17.7 Å². The summed E-state index contributed by atoms with van der Waals surface area (Å²) in [7, 11) is 0. The van der Waals surface area contributed by atoms with Gasteiger partial charge in [0.25, 0.3) is 5.91 Å². The van der Waals surface area contributed by atoms with E-state index in [2.05, 4.69) is 0 Å². The van der Waals surface area contributed by atoms with Gasteiger partial charge in [0, 0.05) is 10.1 Å². The van der Waals surface area contributed by atoms with Crippen LogP contribution in [0.25, 0.3) is 0 Å². The summed E-state index contributed by atoms with van der Waals surface area (Å²) in [6.07, 6.45) is -0.398. The number of nitrogens with one attached hydrogen (secondary N) is 1. The smallest absolute Gasteiger partial charge is 0.373 e. The fourth-order valence-corrected chi connectivity index (χ4v) is 3.82. The zero-order chi connectivity index (χ0) is 17.3. The van der Waals surface area contributed by atoms with Crippen LogP contribution in [0.3, 0.4) is 0 Å². The topological polar surface area (TPSA) is 49.3 Å². The van der Waals surface area contributed by atoms with Gasteiger partial charge in [-0.2, -0.15) is 13.2 Å². The van der Waals surface area contributed by atoms with E-state index in [1.807, 2.05) is 5.32 Å². The van der Waals surface area contributed by atoms with E-state index in [1.165, 1.54) is 18.9 Å². The molecule has 1 aromatic rings. The molecule has 1 unspecified atom stereocenters. The monoisotopic (exact) mass is 367 g/mol. The Kier molecular flexibility index (Phi) is 5.53. The highest BCUT2D eigenvalue weighted by atomic mass is 35.5. The second-order valence-corrected chi connectivity index (χ2v) is 7.47. The molecule has 3 nitrogen and oxygen atoms in total. The van der Waals surface area contributed by atoms with Gasteiger partial charge in [-0.15, -0.1) is 11.8 Å². The Labute approximate surface area is 141 Å². The van der Waals surface area contributed by atoms with Gasteiger partial charge in [0.15, 0.2) is 0 Å². The summed E-state index contributed by atoms with van der Waals surface area (Å²) in [6.45, 7) is 0.403. The van der Waals surface area contributed by atoms with Crippen molar-refractivity contribution in [3.05, 3.63) is 23.2 Å². The molecule has 128 valence electrons. The van der Waals surface area contributed by atoms with Crippen molar-refractivity contribution in [2.75, 3.05) is 5.32 Å². The second-order valence-electron chi connectivity index (χ2n) is 5.69. The average Bonchev–Trinajstić information content (AvgIpc) is 2.93. The van der Waals surface area contributed by atoms with E-state index in [4.69, 9.17) is 11.6 Å².